The van der Waals surface area contributed by atoms with E-state index in [1.54, 1.807) is 6.07 Å². The van der Waals surface area contributed by atoms with Crippen LogP contribution in [0.3, 0.4) is 0 Å². The van der Waals surface area contributed by atoms with Gasteiger partial charge in [-0.3, -0.25) is 9.59 Å². The van der Waals surface area contributed by atoms with Crippen LogP contribution in [0, 0.1) is 5.82 Å². The van der Waals surface area contributed by atoms with Gasteiger partial charge in [-0.2, -0.15) is 0 Å². The van der Waals surface area contributed by atoms with Gasteiger partial charge in [0.15, 0.2) is 5.76 Å². The zero-order valence-corrected chi connectivity index (χ0v) is 15.2. The van der Waals surface area contributed by atoms with Crippen molar-refractivity contribution < 1.29 is 23.1 Å². The molecule has 0 radical (unpaired) electrons. The van der Waals surface area contributed by atoms with Crippen molar-refractivity contribution in [1.29, 1.82) is 0 Å². The molecule has 3 rings (SSSR count). The number of carbonyl (C=O) groups is 2. The summed E-state index contributed by atoms with van der Waals surface area (Å²) in [5.41, 5.74) is 1.12. The van der Waals surface area contributed by atoms with E-state index < -0.39 is 11.7 Å². The SMILES string of the molecule is COCc1ccc(C(=O)Nc2ccc(F)c(NC(=O)Cc3ccccc3)c2)o1. The maximum atomic E-state index is 14.1. The molecule has 28 heavy (non-hydrogen) atoms. The second-order valence-corrected chi connectivity index (χ2v) is 6.06. The first-order valence-electron chi connectivity index (χ1n) is 8.57. The fraction of sp³-hybridized carbons (Fsp3) is 0.143. The van der Waals surface area contributed by atoms with Crippen molar-refractivity contribution in [3.63, 3.8) is 0 Å². The molecular formula is C21H19FN2O4. The number of hydrogen-bond donors (Lipinski definition) is 2. The van der Waals surface area contributed by atoms with E-state index in [1.165, 1.54) is 31.4 Å². The van der Waals surface area contributed by atoms with Gasteiger partial charge in [0.2, 0.25) is 5.91 Å². The molecule has 2 N–H and O–H groups in total. The second-order valence-electron chi connectivity index (χ2n) is 6.06. The Morgan fingerprint density at radius 2 is 1.82 bits per heavy atom. The Balaban J connectivity index is 1.66. The zero-order chi connectivity index (χ0) is 19.9. The number of hydrogen-bond acceptors (Lipinski definition) is 4. The molecule has 3 aromatic rings. The van der Waals surface area contributed by atoms with Gasteiger partial charge in [-0.15, -0.1) is 0 Å². The number of carbonyl (C=O) groups excluding carboxylic acids is 2. The number of rotatable bonds is 7. The predicted molar refractivity (Wildman–Crippen MR) is 103 cm³/mol. The van der Waals surface area contributed by atoms with Gasteiger partial charge < -0.3 is 19.8 Å². The smallest absolute Gasteiger partial charge is 0.291 e. The summed E-state index contributed by atoms with van der Waals surface area (Å²) >= 11 is 0. The molecule has 7 heteroatoms. The molecule has 1 heterocycles. The topological polar surface area (TPSA) is 80.6 Å². The lowest BCUT2D eigenvalue weighted by atomic mass is 10.1. The number of benzene rings is 2. The first kappa shape index (κ1) is 19.3. The van der Waals surface area contributed by atoms with Crippen molar-refractivity contribution in [3.8, 4) is 0 Å². The number of ether oxygens (including phenoxy) is 1. The number of amides is 2. The van der Waals surface area contributed by atoms with Crippen LogP contribution >= 0.6 is 0 Å². The lowest BCUT2D eigenvalue weighted by molar-refractivity contribution is -0.115. The molecule has 0 aliphatic heterocycles. The van der Waals surface area contributed by atoms with Crippen LogP contribution in [0.25, 0.3) is 0 Å². The lowest BCUT2D eigenvalue weighted by Crippen LogP contribution is -2.16. The average molecular weight is 382 g/mol. The van der Waals surface area contributed by atoms with Crippen molar-refractivity contribution in [2.45, 2.75) is 13.0 Å². The third kappa shape index (κ3) is 5.05. The Labute approximate surface area is 161 Å². The normalized spacial score (nSPS) is 10.5. The van der Waals surface area contributed by atoms with Crippen LogP contribution in [0.1, 0.15) is 21.9 Å². The summed E-state index contributed by atoms with van der Waals surface area (Å²) in [6.45, 7) is 0.251. The molecule has 0 aliphatic carbocycles. The first-order chi connectivity index (χ1) is 13.5. The first-order valence-corrected chi connectivity index (χ1v) is 8.57. The van der Waals surface area contributed by atoms with Crippen LogP contribution < -0.4 is 10.6 Å². The van der Waals surface area contributed by atoms with Gasteiger partial charge in [0, 0.05) is 12.8 Å². The largest absolute Gasteiger partial charge is 0.453 e. The molecule has 144 valence electrons. The Hall–Kier alpha value is -3.45. The van der Waals surface area contributed by atoms with E-state index >= 15 is 0 Å². The van der Waals surface area contributed by atoms with Gasteiger partial charge in [-0.1, -0.05) is 30.3 Å². The summed E-state index contributed by atoms with van der Waals surface area (Å²) in [5, 5.41) is 5.14. The van der Waals surface area contributed by atoms with E-state index in [0.29, 0.717) is 11.4 Å². The predicted octanol–water partition coefficient (Wildman–Crippen LogP) is 4.00. The van der Waals surface area contributed by atoms with E-state index in [0.717, 1.165) is 5.56 Å². The molecule has 0 aliphatic rings. The summed E-state index contributed by atoms with van der Waals surface area (Å²) in [6, 6.07) is 16.2. The summed E-state index contributed by atoms with van der Waals surface area (Å²) in [7, 11) is 1.52. The van der Waals surface area contributed by atoms with Crippen molar-refractivity contribution in [2.75, 3.05) is 17.7 Å². The van der Waals surface area contributed by atoms with Gasteiger partial charge in [0.25, 0.3) is 5.91 Å². The van der Waals surface area contributed by atoms with E-state index in [4.69, 9.17) is 9.15 Å². The van der Waals surface area contributed by atoms with Gasteiger partial charge in [-0.25, -0.2) is 4.39 Å². The molecule has 1 aromatic heterocycles. The Morgan fingerprint density at radius 3 is 2.57 bits per heavy atom. The van der Waals surface area contributed by atoms with Gasteiger partial charge in [0.05, 0.1) is 12.1 Å². The molecule has 0 bridgehead atoms. The molecule has 0 spiro atoms. The fourth-order valence-electron chi connectivity index (χ4n) is 2.59. The molecule has 0 saturated heterocycles. The quantitative estimate of drug-likeness (QED) is 0.647. The molecule has 0 unspecified atom stereocenters. The average Bonchev–Trinajstić information content (AvgIpc) is 3.14. The maximum Gasteiger partial charge on any atom is 0.291 e. The summed E-state index contributed by atoms with van der Waals surface area (Å²) < 4.78 is 24.4. The summed E-state index contributed by atoms with van der Waals surface area (Å²) in [5.74, 6) is -0.828. The minimum atomic E-state index is -0.597. The van der Waals surface area contributed by atoms with E-state index in [2.05, 4.69) is 10.6 Å². The molecule has 2 amide bonds. The van der Waals surface area contributed by atoms with Gasteiger partial charge in [0.1, 0.15) is 18.2 Å². The van der Waals surface area contributed by atoms with E-state index in [1.807, 2.05) is 30.3 Å². The van der Waals surface area contributed by atoms with Crippen molar-refractivity contribution in [3.05, 3.63) is 83.6 Å². The molecule has 2 aromatic carbocycles. The number of anilines is 2. The van der Waals surface area contributed by atoms with Crippen LogP contribution in [0.2, 0.25) is 0 Å². The molecule has 6 nitrogen and oxygen atoms in total. The molecular weight excluding hydrogens is 363 g/mol. The molecule has 0 atom stereocenters. The minimum absolute atomic E-state index is 0.0155. The van der Waals surface area contributed by atoms with Gasteiger partial charge in [-0.05, 0) is 35.9 Å². The second kappa shape index (κ2) is 8.96. The number of furan rings is 1. The third-order valence-corrected chi connectivity index (χ3v) is 3.88. The van der Waals surface area contributed by atoms with Crippen LogP contribution in [-0.4, -0.2) is 18.9 Å². The van der Waals surface area contributed by atoms with E-state index in [-0.39, 0.29) is 30.4 Å². The summed E-state index contributed by atoms with van der Waals surface area (Å²) in [4.78, 5) is 24.4. The number of halogens is 1. The zero-order valence-electron chi connectivity index (χ0n) is 15.2. The minimum Gasteiger partial charge on any atom is -0.453 e. The highest BCUT2D eigenvalue weighted by molar-refractivity contribution is 6.03. The molecule has 0 fully saturated rings. The van der Waals surface area contributed by atoms with E-state index in [9.17, 15) is 14.0 Å². The third-order valence-electron chi connectivity index (χ3n) is 3.88. The fourth-order valence-corrected chi connectivity index (χ4v) is 2.59. The monoisotopic (exact) mass is 382 g/mol. The maximum absolute atomic E-state index is 14.1. The van der Waals surface area contributed by atoms with Crippen LogP contribution in [0.15, 0.2) is 65.1 Å². The van der Waals surface area contributed by atoms with Crippen molar-refractivity contribution in [1.82, 2.24) is 0 Å². The Kier molecular flexibility index (Phi) is 6.18. The van der Waals surface area contributed by atoms with Crippen LogP contribution in [0.4, 0.5) is 15.8 Å². The van der Waals surface area contributed by atoms with Crippen LogP contribution in [-0.2, 0) is 22.6 Å². The number of nitrogens with one attached hydrogen (secondary N) is 2. The van der Waals surface area contributed by atoms with Crippen molar-refractivity contribution >= 4 is 23.2 Å². The standard InChI is InChI=1S/C21H19FN2O4/c1-27-13-16-8-10-19(28-16)21(26)23-15-7-9-17(22)18(12-15)24-20(25)11-14-5-3-2-4-6-14/h2-10,12H,11,13H2,1H3,(H,23,26)(H,24,25). The number of methoxy groups -OCH3 is 1. The van der Waals surface area contributed by atoms with Crippen LogP contribution in [0.5, 0.6) is 0 Å². The highest BCUT2D eigenvalue weighted by Crippen LogP contribution is 2.21. The summed E-state index contributed by atoms with van der Waals surface area (Å²) in [6.07, 6.45) is 0.117. The van der Waals surface area contributed by atoms with Crippen molar-refractivity contribution in [2.24, 2.45) is 0 Å². The Morgan fingerprint density at radius 1 is 1.04 bits per heavy atom. The Bertz CT molecular complexity index is 970. The van der Waals surface area contributed by atoms with Gasteiger partial charge >= 0.3 is 0 Å². The highest BCUT2D eigenvalue weighted by Gasteiger charge is 2.14. The lowest BCUT2D eigenvalue weighted by Gasteiger charge is -2.09. The highest BCUT2D eigenvalue weighted by atomic mass is 19.1. The molecule has 0 saturated carbocycles.